The van der Waals surface area contributed by atoms with E-state index in [-0.39, 0.29) is 12.8 Å². The first kappa shape index (κ1) is 21.2. The highest BCUT2D eigenvalue weighted by Crippen LogP contribution is 2.35. The van der Waals surface area contributed by atoms with E-state index in [0.29, 0.717) is 31.9 Å². The molecule has 32 heavy (non-hydrogen) atoms. The summed E-state index contributed by atoms with van der Waals surface area (Å²) in [5.41, 5.74) is -0.197. The number of carboxylic acid groups (broad SMARTS) is 1. The second kappa shape index (κ2) is 8.38. The number of fused-ring (bicyclic) bond motifs is 2. The van der Waals surface area contributed by atoms with Crippen LogP contribution in [0.2, 0.25) is 0 Å². The number of carbonyl (C=O) groups is 1. The van der Waals surface area contributed by atoms with E-state index in [0.717, 1.165) is 27.3 Å². The van der Waals surface area contributed by atoms with Crippen LogP contribution in [0.15, 0.2) is 35.8 Å². The highest BCUT2D eigenvalue weighted by Gasteiger charge is 2.52. The Hall–Kier alpha value is -2.62. The van der Waals surface area contributed by atoms with Crippen molar-refractivity contribution in [1.82, 2.24) is 15.3 Å². The van der Waals surface area contributed by atoms with Gasteiger partial charge in [0.1, 0.15) is 10.4 Å². The summed E-state index contributed by atoms with van der Waals surface area (Å²) in [6, 6.07) is 7.48. The standard InChI is InChI=1S/C22H23ClN4O4S/c1-13-18(23)22(20(28)29,25-7-4-14-2-3-16-17(10-14)31-12-30-16)6-8-27(13)21-24-11-15-5-9-32-19(15)26-21/h2-3,5,9-11,13,18,25H,4,6-8,12H2,1H3,(H,28,29). The monoisotopic (exact) mass is 474 g/mol. The van der Waals surface area contributed by atoms with Gasteiger partial charge in [-0.1, -0.05) is 6.07 Å². The lowest BCUT2D eigenvalue weighted by Crippen LogP contribution is -2.68. The van der Waals surface area contributed by atoms with Gasteiger partial charge in [0.25, 0.3) is 0 Å². The number of alkyl halides is 1. The van der Waals surface area contributed by atoms with Gasteiger partial charge in [0, 0.05) is 30.7 Å². The highest BCUT2D eigenvalue weighted by molar-refractivity contribution is 7.16. The lowest BCUT2D eigenvalue weighted by Gasteiger charge is -2.47. The van der Waals surface area contributed by atoms with Gasteiger partial charge in [-0.2, -0.15) is 0 Å². The number of nitrogens with one attached hydrogen (secondary N) is 1. The molecule has 1 fully saturated rings. The number of hydrogen-bond donors (Lipinski definition) is 2. The fourth-order valence-corrected chi connectivity index (χ4v) is 5.54. The van der Waals surface area contributed by atoms with E-state index in [1.807, 2.05) is 41.5 Å². The lowest BCUT2D eigenvalue weighted by molar-refractivity contribution is -0.146. The molecule has 0 spiro atoms. The van der Waals surface area contributed by atoms with E-state index in [9.17, 15) is 9.90 Å². The summed E-state index contributed by atoms with van der Waals surface area (Å²) in [7, 11) is 0. The molecule has 0 aliphatic carbocycles. The summed E-state index contributed by atoms with van der Waals surface area (Å²) >= 11 is 8.37. The van der Waals surface area contributed by atoms with E-state index >= 15 is 0 Å². The highest BCUT2D eigenvalue weighted by atomic mass is 35.5. The Labute approximate surface area is 194 Å². The fourth-order valence-electron chi connectivity index (χ4n) is 4.39. The number of nitrogens with zero attached hydrogens (tertiary/aromatic N) is 3. The Morgan fingerprint density at radius 2 is 2.22 bits per heavy atom. The van der Waals surface area contributed by atoms with Crippen LogP contribution in [0.25, 0.3) is 10.2 Å². The van der Waals surface area contributed by atoms with Crippen molar-refractivity contribution in [3.8, 4) is 11.5 Å². The molecule has 3 unspecified atom stereocenters. The summed E-state index contributed by atoms with van der Waals surface area (Å²) in [6.45, 7) is 3.12. The molecule has 2 aliphatic heterocycles. The van der Waals surface area contributed by atoms with Crippen LogP contribution in [0.5, 0.6) is 11.5 Å². The first-order valence-corrected chi connectivity index (χ1v) is 11.8. The zero-order valence-corrected chi connectivity index (χ0v) is 19.0. The molecule has 10 heteroatoms. The molecular weight excluding hydrogens is 452 g/mol. The number of piperidine rings is 1. The van der Waals surface area contributed by atoms with E-state index < -0.39 is 16.9 Å². The predicted molar refractivity (Wildman–Crippen MR) is 123 cm³/mol. The number of benzene rings is 1. The Balaban J connectivity index is 1.30. The van der Waals surface area contributed by atoms with Crippen LogP contribution in [0.4, 0.5) is 5.95 Å². The number of carboxylic acids is 1. The van der Waals surface area contributed by atoms with Crippen LogP contribution in [0, 0.1) is 0 Å². The van der Waals surface area contributed by atoms with Gasteiger partial charge in [0.05, 0.1) is 5.38 Å². The Morgan fingerprint density at radius 1 is 1.38 bits per heavy atom. The average Bonchev–Trinajstić information content (AvgIpc) is 3.45. The molecule has 2 aromatic heterocycles. The molecule has 2 aliphatic rings. The predicted octanol–water partition coefficient (Wildman–Crippen LogP) is 3.28. The van der Waals surface area contributed by atoms with Crippen molar-refractivity contribution < 1.29 is 19.4 Å². The lowest BCUT2D eigenvalue weighted by atomic mass is 9.82. The molecule has 2 N–H and O–H groups in total. The largest absolute Gasteiger partial charge is 0.480 e. The van der Waals surface area contributed by atoms with Crippen molar-refractivity contribution in [3.05, 3.63) is 41.4 Å². The van der Waals surface area contributed by atoms with Gasteiger partial charge in [-0.15, -0.1) is 22.9 Å². The number of rotatable bonds is 6. The molecule has 4 heterocycles. The molecule has 0 saturated carbocycles. The Kier molecular flexibility index (Phi) is 5.56. The van der Waals surface area contributed by atoms with Crippen LogP contribution < -0.4 is 19.7 Å². The molecule has 8 nitrogen and oxygen atoms in total. The second-order valence-corrected chi connectivity index (χ2v) is 9.44. The van der Waals surface area contributed by atoms with Crippen LogP contribution >= 0.6 is 22.9 Å². The van der Waals surface area contributed by atoms with Gasteiger partial charge in [-0.25, -0.2) is 9.97 Å². The minimum Gasteiger partial charge on any atom is -0.480 e. The summed E-state index contributed by atoms with van der Waals surface area (Å²) in [4.78, 5) is 24.4. The number of aliphatic carboxylic acids is 1. The molecule has 1 aromatic carbocycles. The molecule has 3 atom stereocenters. The van der Waals surface area contributed by atoms with E-state index in [1.165, 1.54) is 0 Å². The first-order valence-electron chi connectivity index (χ1n) is 10.5. The second-order valence-electron chi connectivity index (χ2n) is 8.08. The Bertz CT molecular complexity index is 1160. The maximum absolute atomic E-state index is 12.4. The van der Waals surface area contributed by atoms with E-state index in [4.69, 9.17) is 21.1 Å². The molecule has 3 aromatic rings. The quantitative estimate of drug-likeness (QED) is 0.525. The van der Waals surface area contributed by atoms with Gasteiger partial charge in [0.15, 0.2) is 11.5 Å². The summed E-state index contributed by atoms with van der Waals surface area (Å²) in [6.07, 6.45) is 2.78. The van der Waals surface area contributed by atoms with Crippen LogP contribution in [-0.2, 0) is 11.2 Å². The zero-order chi connectivity index (χ0) is 22.3. The van der Waals surface area contributed by atoms with Gasteiger partial charge >= 0.3 is 5.97 Å². The molecule has 0 bridgehead atoms. The molecular formula is C22H23ClN4O4S. The van der Waals surface area contributed by atoms with Crippen LogP contribution in [0.1, 0.15) is 18.9 Å². The summed E-state index contributed by atoms with van der Waals surface area (Å²) in [5.74, 6) is 1.09. The van der Waals surface area contributed by atoms with Gasteiger partial charge in [-0.3, -0.25) is 4.79 Å². The van der Waals surface area contributed by atoms with Crippen LogP contribution in [0.3, 0.4) is 0 Å². The van der Waals surface area contributed by atoms with Crippen LogP contribution in [-0.4, -0.2) is 57.9 Å². The normalized spacial score (nSPS) is 24.8. The average molecular weight is 475 g/mol. The maximum atomic E-state index is 12.4. The minimum atomic E-state index is -1.24. The number of anilines is 1. The van der Waals surface area contributed by atoms with Crippen molar-refractivity contribution in [1.29, 1.82) is 0 Å². The topological polar surface area (TPSA) is 96.8 Å². The first-order chi connectivity index (χ1) is 15.5. The minimum absolute atomic E-state index is 0.227. The molecule has 0 radical (unpaired) electrons. The van der Waals surface area contributed by atoms with Crippen molar-refractivity contribution in [2.75, 3.05) is 24.8 Å². The Morgan fingerprint density at radius 3 is 3.06 bits per heavy atom. The number of halogens is 1. The fraction of sp³-hybridized carbons (Fsp3) is 0.409. The SMILES string of the molecule is CC1C(Cl)C(NCCc2ccc3c(c2)OCO3)(C(=O)O)CCN1c1ncc2ccsc2n1. The number of ether oxygens (including phenoxy) is 2. The van der Waals surface area contributed by atoms with Gasteiger partial charge < -0.3 is 24.8 Å². The van der Waals surface area contributed by atoms with Crippen molar-refractivity contribution >= 4 is 45.1 Å². The van der Waals surface area contributed by atoms with Gasteiger partial charge in [-0.05, 0) is 48.9 Å². The molecule has 168 valence electrons. The van der Waals surface area contributed by atoms with E-state index in [1.54, 1.807) is 17.5 Å². The van der Waals surface area contributed by atoms with Gasteiger partial charge in [0.2, 0.25) is 12.7 Å². The summed E-state index contributed by atoms with van der Waals surface area (Å²) < 4.78 is 10.8. The number of hydrogen-bond acceptors (Lipinski definition) is 8. The number of aromatic nitrogens is 2. The van der Waals surface area contributed by atoms with E-state index in [2.05, 4.69) is 15.3 Å². The smallest absolute Gasteiger partial charge is 0.325 e. The summed E-state index contributed by atoms with van der Waals surface area (Å²) in [5, 5.41) is 15.7. The van der Waals surface area contributed by atoms with Crippen molar-refractivity contribution in [3.63, 3.8) is 0 Å². The third-order valence-electron chi connectivity index (χ3n) is 6.26. The van der Waals surface area contributed by atoms with Crippen molar-refractivity contribution in [2.45, 2.75) is 36.7 Å². The van der Waals surface area contributed by atoms with Crippen molar-refractivity contribution in [2.24, 2.45) is 0 Å². The third kappa shape index (κ3) is 3.64. The third-order valence-corrected chi connectivity index (χ3v) is 7.82. The molecule has 1 saturated heterocycles. The number of thiophene rings is 1. The maximum Gasteiger partial charge on any atom is 0.325 e. The molecule has 5 rings (SSSR count). The molecule has 0 amide bonds. The zero-order valence-electron chi connectivity index (χ0n) is 17.5.